The fourth-order valence-electron chi connectivity index (χ4n) is 8.10. The summed E-state index contributed by atoms with van der Waals surface area (Å²) in [4.78, 5) is 49.5. The zero-order valence-corrected chi connectivity index (χ0v) is 26.8. The van der Waals surface area contributed by atoms with Crippen molar-refractivity contribution in [2.75, 3.05) is 31.1 Å². The maximum atomic E-state index is 14.9. The van der Waals surface area contributed by atoms with Gasteiger partial charge in [-0.15, -0.1) is 13.2 Å². The van der Waals surface area contributed by atoms with E-state index in [1.54, 1.807) is 26.9 Å². The molecule has 8 nitrogen and oxygen atoms in total. The minimum atomic E-state index is -1.23. The molecule has 2 bridgehead atoms. The van der Waals surface area contributed by atoms with Crippen LogP contribution in [0.15, 0.2) is 86.0 Å². The van der Waals surface area contributed by atoms with Crippen molar-refractivity contribution in [3.8, 4) is 0 Å². The third kappa shape index (κ3) is 5.42. The molecule has 8 heteroatoms. The molecular weight excluding hydrogens is 566 g/mol. The summed E-state index contributed by atoms with van der Waals surface area (Å²) >= 11 is 0. The molecule has 3 aliphatic rings. The van der Waals surface area contributed by atoms with Crippen LogP contribution in [-0.4, -0.2) is 76.1 Å². The fourth-order valence-corrected chi connectivity index (χ4v) is 8.10. The summed E-state index contributed by atoms with van der Waals surface area (Å²) in [7, 11) is 0. The number of amides is 3. The smallest absolute Gasteiger partial charge is 0.248 e. The van der Waals surface area contributed by atoms with Crippen molar-refractivity contribution in [3.05, 3.63) is 91.5 Å². The van der Waals surface area contributed by atoms with Gasteiger partial charge >= 0.3 is 0 Å². The van der Waals surface area contributed by atoms with Gasteiger partial charge in [0, 0.05) is 25.3 Å². The van der Waals surface area contributed by atoms with Crippen molar-refractivity contribution in [2.45, 2.75) is 69.7 Å². The highest BCUT2D eigenvalue weighted by atomic mass is 16.5. The van der Waals surface area contributed by atoms with E-state index in [-0.39, 0.29) is 36.8 Å². The average Bonchev–Trinajstić information content (AvgIpc) is 3.56. The van der Waals surface area contributed by atoms with E-state index in [2.05, 4.69) is 20.1 Å². The lowest BCUT2D eigenvalue weighted by Gasteiger charge is -2.39. The molecule has 3 aliphatic heterocycles. The summed E-state index contributed by atoms with van der Waals surface area (Å²) in [6.07, 6.45) is 6.62. The van der Waals surface area contributed by atoms with Crippen molar-refractivity contribution < 1.29 is 24.2 Å². The Labute approximate surface area is 267 Å². The number of hydrogen-bond donors (Lipinski definition) is 1. The van der Waals surface area contributed by atoms with Crippen molar-refractivity contribution in [1.82, 2.24) is 9.80 Å². The van der Waals surface area contributed by atoms with Gasteiger partial charge in [-0.05, 0) is 43.4 Å². The number of unbranched alkanes of at least 4 members (excludes halogenated alkanes) is 2. The minimum Gasteiger partial charge on any atom is -0.394 e. The van der Waals surface area contributed by atoms with Crippen LogP contribution in [0.4, 0.5) is 5.69 Å². The van der Waals surface area contributed by atoms with Gasteiger partial charge < -0.3 is 24.5 Å². The zero-order chi connectivity index (χ0) is 32.4. The monoisotopic (exact) mass is 613 g/mol. The number of benzene rings is 2. The van der Waals surface area contributed by atoms with Gasteiger partial charge in [0.05, 0.1) is 30.1 Å². The molecule has 0 aliphatic carbocycles. The van der Waals surface area contributed by atoms with Crippen LogP contribution in [0.5, 0.6) is 0 Å². The molecule has 3 saturated heterocycles. The minimum absolute atomic E-state index is 0.107. The molecule has 3 unspecified atom stereocenters. The Balaban J connectivity index is 1.65. The Morgan fingerprint density at radius 1 is 1.04 bits per heavy atom. The molecule has 240 valence electrons. The Bertz CT molecular complexity index is 1400. The Hall–Kier alpha value is -3.75. The summed E-state index contributed by atoms with van der Waals surface area (Å²) < 4.78 is 7.01. The summed E-state index contributed by atoms with van der Waals surface area (Å²) in [6.45, 7) is 14.6. The predicted octanol–water partition coefficient (Wildman–Crippen LogP) is 5.15. The van der Waals surface area contributed by atoms with Crippen LogP contribution in [0, 0.1) is 17.8 Å². The molecule has 2 aromatic rings. The van der Waals surface area contributed by atoms with E-state index in [1.807, 2.05) is 74.5 Å². The van der Waals surface area contributed by atoms with E-state index in [9.17, 15) is 19.5 Å². The van der Waals surface area contributed by atoms with Gasteiger partial charge in [-0.2, -0.15) is 0 Å². The van der Waals surface area contributed by atoms with E-state index in [0.29, 0.717) is 25.2 Å². The van der Waals surface area contributed by atoms with E-state index in [0.717, 1.165) is 24.8 Å². The normalized spacial score (nSPS) is 28.9. The number of hydrogen-bond acceptors (Lipinski definition) is 5. The third-order valence-corrected chi connectivity index (χ3v) is 10.3. The average molecular weight is 614 g/mol. The quantitative estimate of drug-likeness (QED) is 0.235. The van der Waals surface area contributed by atoms with Gasteiger partial charge in [0.15, 0.2) is 0 Å². The Morgan fingerprint density at radius 2 is 1.69 bits per heavy atom. The number of ether oxygens (including phenoxy) is 1. The van der Waals surface area contributed by atoms with Crippen LogP contribution in [0.2, 0.25) is 0 Å². The van der Waals surface area contributed by atoms with Crippen molar-refractivity contribution >= 4 is 23.4 Å². The maximum absolute atomic E-state index is 14.9. The van der Waals surface area contributed by atoms with Gasteiger partial charge in [0.2, 0.25) is 17.7 Å². The number of carbonyl (C=O) groups excluding carboxylic acids is 3. The maximum Gasteiger partial charge on any atom is 0.248 e. The number of carbonyl (C=O) groups is 3. The highest BCUT2D eigenvalue weighted by Crippen LogP contribution is 2.66. The molecule has 5 rings (SSSR count). The van der Waals surface area contributed by atoms with Gasteiger partial charge in [-0.1, -0.05) is 87.4 Å². The number of aliphatic hydroxyl groups excluding tert-OH is 1. The molecule has 45 heavy (non-hydrogen) atoms. The lowest BCUT2D eigenvalue weighted by atomic mass is 9.62. The number of aliphatic hydroxyl groups is 1. The van der Waals surface area contributed by atoms with Crippen molar-refractivity contribution in [1.29, 1.82) is 0 Å². The summed E-state index contributed by atoms with van der Waals surface area (Å²) in [6, 6.07) is 16.9. The molecule has 1 N–H and O–H groups in total. The molecule has 0 aromatic heterocycles. The molecule has 3 heterocycles. The molecule has 3 fully saturated rings. The third-order valence-electron chi connectivity index (χ3n) is 10.3. The van der Waals surface area contributed by atoms with Crippen LogP contribution in [0.3, 0.4) is 0 Å². The number of para-hydroxylation sites is 1. The highest BCUT2D eigenvalue weighted by molar-refractivity contribution is 6.03. The number of fused-ring (bicyclic) bond motifs is 1. The van der Waals surface area contributed by atoms with Gasteiger partial charge in [0.1, 0.15) is 11.6 Å². The van der Waals surface area contributed by atoms with Crippen molar-refractivity contribution in [3.63, 3.8) is 0 Å². The number of likely N-dealkylation sites (tertiary alicyclic amines) is 1. The van der Waals surface area contributed by atoms with Gasteiger partial charge in [0.25, 0.3) is 0 Å². The van der Waals surface area contributed by atoms with E-state index < -0.39 is 35.1 Å². The topological polar surface area (TPSA) is 90.4 Å². The number of nitrogens with zero attached hydrogens (tertiary/aromatic N) is 3. The standard InChI is InChI=1S/C37H47N3O5/c1-6-9-16-23-38(21-7-2)35(44)32-37-24-26(4)36(5,45-37)30(33(42)39(22-8-3)28-19-14-11-15-20-28)31(37)34(43)40(32)29(25-41)27-17-12-10-13-18-27/h7-8,10-15,17-20,26,29-32,41H,2-3,6,9,16,21-25H2,1,4-5H3/t26?,29-,30+,31+,32?,36-,37?/m1/s1. The lowest BCUT2D eigenvalue weighted by molar-refractivity contribution is -0.155. The molecule has 1 spiro atoms. The first kappa shape index (κ1) is 32.6. The van der Waals surface area contributed by atoms with E-state index in [1.165, 1.54) is 0 Å². The highest BCUT2D eigenvalue weighted by Gasteiger charge is 2.80. The van der Waals surface area contributed by atoms with Crippen LogP contribution in [-0.2, 0) is 19.1 Å². The van der Waals surface area contributed by atoms with E-state index in [4.69, 9.17) is 4.74 Å². The first-order chi connectivity index (χ1) is 21.7. The number of rotatable bonds is 14. The van der Waals surface area contributed by atoms with E-state index >= 15 is 0 Å². The molecule has 3 amide bonds. The Morgan fingerprint density at radius 3 is 2.29 bits per heavy atom. The number of anilines is 1. The molecule has 2 aromatic carbocycles. The predicted molar refractivity (Wildman–Crippen MR) is 175 cm³/mol. The van der Waals surface area contributed by atoms with Crippen LogP contribution in [0.1, 0.15) is 58.1 Å². The fraction of sp³-hybridized carbons (Fsp3) is 0.486. The zero-order valence-electron chi connectivity index (χ0n) is 26.8. The lowest BCUT2D eigenvalue weighted by Crippen LogP contribution is -2.57. The SMILES string of the molecule is C=CCN(CCCCC)C(=O)C1N([C@H](CO)c2ccccc2)C(=O)[C@@H]2[C@@H](C(=O)N(CC=C)c3ccccc3)[C@]3(C)OC12CC3C. The van der Waals surface area contributed by atoms with Crippen LogP contribution >= 0.6 is 0 Å². The van der Waals surface area contributed by atoms with Crippen LogP contribution in [0.25, 0.3) is 0 Å². The van der Waals surface area contributed by atoms with Gasteiger partial charge in [-0.3, -0.25) is 14.4 Å². The first-order valence-electron chi connectivity index (χ1n) is 16.2. The Kier molecular flexibility index (Phi) is 9.65. The summed E-state index contributed by atoms with van der Waals surface area (Å²) in [5.74, 6) is -2.62. The molecular formula is C37H47N3O5. The summed E-state index contributed by atoms with van der Waals surface area (Å²) in [5.41, 5.74) is -0.775. The second-order valence-corrected chi connectivity index (χ2v) is 12.9. The van der Waals surface area contributed by atoms with Crippen molar-refractivity contribution in [2.24, 2.45) is 17.8 Å². The molecule has 0 radical (unpaired) electrons. The second-order valence-electron chi connectivity index (χ2n) is 12.9. The first-order valence-corrected chi connectivity index (χ1v) is 16.2. The molecule has 7 atom stereocenters. The largest absolute Gasteiger partial charge is 0.394 e. The molecule has 0 saturated carbocycles. The summed E-state index contributed by atoms with van der Waals surface area (Å²) in [5, 5.41) is 10.8. The van der Waals surface area contributed by atoms with Crippen LogP contribution < -0.4 is 4.90 Å². The van der Waals surface area contributed by atoms with Gasteiger partial charge in [-0.25, -0.2) is 0 Å². The second kappa shape index (κ2) is 13.3.